The minimum Gasteiger partial charge on any atom is -0.383 e. The predicted molar refractivity (Wildman–Crippen MR) is 95.4 cm³/mol. The van der Waals surface area contributed by atoms with Crippen molar-refractivity contribution in [1.82, 2.24) is 15.5 Å². The Labute approximate surface area is 149 Å². The van der Waals surface area contributed by atoms with Crippen LogP contribution in [0, 0.1) is 0 Å². The van der Waals surface area contributed by atoms with E-state index >= 15 is 0 Å². The molecular formula is C17H26ClN3O3. The van der Waals surface area contributed by atoms with Crippen LogP contribution in [0.3, 0.4) is 0 Å². The highest BCUT2D eigenvalue weighted by Crippen LogP contribution is 2.15. The van der Waals surface area contributed by atoms with E-state index in [1.165, 1.54) is 0 Å². The fraction of sp³-hybridized carbons (Fsp3) is 0.529. The topological polar surface area (TPSA) is 70.7 Å². The van der Waals surface area contributed by atoms with E-state index in [0.29, 0.717) is 38.2 Å². The van der Waals surface area contributed by atoms with E-state index in [4.69, 9.17) is 4.74 Å². The molecule has 2 rings (SSSR count). The van der Waals surface area contributed by atoms with Gasteiger partial charge in [-0.2, -0.15) is 0 Å². The quantitative estimate of drug-likeness (QED) is 0.653. The van der Waals surface area contributed by atoms with E-state index in [9.17, 15) is 9.59 Å². The Morgan fingerprint density at radius 3 is 2.83 bits per heavy atom. The molecule has 0 radical (unpaired) electrons. The summed E-state index contributed by atoms with van der Waals surface area (Å²) in [6.45, 7) is 4.09. The van der Waals surface area contributed by atoms with Crippen LogP contribution in [0.5, 0.6) is 0 Å². The molecule has 1 aromatic carbocycles. The number of amides is 2. The van der Waals surface area contributed by atoms with Gasteiger partial charge < -0.3 is 20.3 Å². The molecule has 0 spiro atoms. The average Bonchev–Trinajstić information content (AvgIpc) is 2.96. The minimum atomic E-state index is -0.0897. The van der Waals surface area contributed by atoms with Gasteiger partial charge in [0.05, 0.1) is 6.61 Å². The molecule has 7 heteroatoms. The monoisotopic (exact) mass is 355 g/mol. The second kappa shape index (κ2) is 11.0. The first-order chi connectivity index (χ1) is 11.2. The first kappa shape index (κ1) is 20.4. The zero-order valence-electron chi connectivity index (χ0n) is 14.0. The lowest BCUT2D eigenvalue weighted by atomic mass is 10.1. The van der Waals surface area contributed by atoms with Gasteiger partial charge in [-0.1, -0.05) is 12.1 Å². The number of carbonyl (C=O) groups is 2. The van der Waals surface area contributed by atoms with Crippen molar-refractivity contribution >= 4 is 24.2 Å². The maximum absolute atomic E-state index is 12.1. The number of rotatable bonds is 9. The van der Waals surface area contributed by atoms with E-state index in [1.807, 2.05) is 23.1 Å². The van der Waals surface area contributed by atoms with Gasteiger partial charge in [0, 0.05) is 51.8 Å². The van der Waals surface area contributed by atoms with Crippen LogP contribution in [-0.2, 0) is 16.1 Å². The molecule has 0 bridgehead atoms. The Morgan fingerprint density at radius 2 is 2.12 bits per heavy atom. The molecule has 0 atom stereocenters. The van der Waals surface area contributed by atoms with Gasteiger partial charge in [-0.25, -0.2) is 0 Å². The van der Waals surface area contributed by atoms with Crippen LogP contribution in [0.15, 0.2) is 24.3 Å². The normalized spacial score (nSPS) is 13.7. The van der Waals surface area contributed by atoms with E-state index in [-0.39, 0.29) is 24.2 Å². The van der Waals surface area contributed by atoms with Crippen LogP contribution in [0.25, 0.3) is 0 Å². The van der Waals surface area contributed by atoms with E-state index in [2.05, 4.69) is 10.6 Å². The maximum atomic E-state index is 12.1. The van der Waals surface area contributed by atoms with Crippen molar-refractivity contribution < 1.29 is 14.3 Å². The largest absolute Gasteiger partial charge is 0.383 e. The summed E-state index contributed by atoms with van der Waals surface area (Å²) in [7, 11) is 1.66. The van der Waals surface area contributed by atoms with Crippen LogP contribution >= 0.6 is 12.4 Å². The molecule has 24 heavy (non-hydrogen) atoms. The third-order valence-corrected chi connectivity index (χ3v) is 3.80. The summed E-state index contributed by atoms with van der Waals surface area (Å²) in [6, 6.07) is 7.47. The lowest BCUT2D eigenvalue weighted by Crippen LogP contribution is -2.33. The summed E-state index contributed by atoms with van der Waals surface area (Å²) in [4.78, 5) is 25.7. The standard InChI is InChI=1S/C17H25N3O3.ClH/c1-23-11-9-18-7-8-19-17(22)15-5-2-4-14(12-15)13-20-10-3-6-16(20)21;/h2,4-5,12,18H,3,6-11,13H2,1H3,(H,19,22);1H. The van der Waals surface area contributed by atoms with Gasteiger partial charge in [0.1, 0.15) is 0 Å². The molecule has 2 N–H and O–H groups in total. The molecule has 1 aromatic rings. The molecule has 134 valence electrons. The SMILES string of the molecule is COCCNCCNC(=O)c1cccc(CN2CCCC2=O)c1.Cl. The highest BCUT2D eigenvalue weighted by atomic mass is 35.5. The summed E-state index contributed by atoms with van der Waals surface area (Å²) in [6.07, 6.45) is 1.56. The third-order valence-electron chi connectivity index (χ3n) is 3.80. The molecule has 6 nitrogen and oxygen atoms in total. The number of hydrogen-bond donors (Lipinski definition) is 2. The van der Waals surface area contributed by atoms with Crippen LogP contribution < -0.4 is 10.6 Å². The summed E-state index contributed by atoms with van der Waals surface area (Å²) in [5.74, 6) is 0.107. The molecule has 1 saturated heterocycles. The first-order valence-corrected chi connectivity index (χ1v) is 8.05. The highest BCUT2D eigenvalue weighted by Gasteiger charge is 2.20. The van der Waals surface area contributed by atoms with Gasteiger partial charge in [-0.3, -0.25) is 9.59 Å². The van der Waals surface area contributed by atoms with E-state index in [0.717, 1.165) is 25.1 Å². The lowest BCUT2D eigenvalue weighted by molar-refractivity contribution is -0.128. The first-order valence-electron chi connectivity index (χ1n) is 8.05. The van der Waals surface area contributed by atoms with Crippen molar-refractivity contribution in [2.24, 2.45) is 0 Å². The summed E-state index contributed by atoms with van der Waals surface area (Å²) in [5.41, 5.74) is 1.62. The minimum absolute atomic E-state index is 0. The molecule has 0 saturated carbocycles. The maximum Gasteiger partial charge on any atom is 0.251 e. The Hall–Kier alpha value is -1.63. The van der Waals surface area contributed by atoms with Crippen molar-refractivity contribution in [2.75, 3.05) is 39.9 Å². The third kappa shape index (κ3) is 6.47. The number of likely N-dealkylation sites (tertiary alicyclic amines) is 1. The number of ether oxygens (including phenoxy) is 1. The van der Waals surface area contributed by atoms with Gasteiger partial charge in [-0.15, -0.1) is 12.4 Å². The van der Waals surface area contributed by atoms with Crippen LogP contribution in [0.2, 0.25) is 0 Å². The number of nitrogens with one attached hydrogen (secondary N) is 2. The molecule has 1 fully saturated rings. The van der Waals surface area contributed by atoms with Gasteiger partial charge in [0.15, 0.2) is 0 Å². The zero-order valence-corrected chi connectivity index (χ0v) is 14.9. The van der Waals surface area contributed by atoms with Crippen LogP contribution in [0.1, 0.15) is 28.8 Å². The smallest absolute Gasteiger partial charge is 0.251 e. The number of methoxy groups -OCH3 is 1. The van der Waals surface area contributed by atoms with Crippen molar-refractivity contribution in [2.45, 2.75) is 19.4 Å². The second-order valence-corrected chi connectivity index (χ2v) is 5.62. The number of nitrogens with zero attached hydrogens (tertiary/aromatic N) is 1. The van der Waals surface area contributed by atoms with Crippen LogP contribution in [-0.4, -0.2) is 56.6 Å². The fourth-order valence-electron chi connectivity index (χ4n) is 2.57. The molecule has 1 aliphatic rings. The Bertz CT molecular complexity index is 540. The lowest BCUT2D eigenvalue weighted by Gasteiger charge is -2.16. The zero-order chi connectivity index (χ0) is 16.5. The van der Waals surface area contributed by atoms with Crippen molar-refractivity contribution in [1.29, 1.82) is 0 Å². The van der Waals surface area contributed by atoms with Crippen LogP contribution in [0.4, 0.5) is 0 Å². The molecule has 1 aliphatic heterocycles. The van der Waals surface area contributed by atoms with E-state index < -0.39 is 0 Å². The average molecular weight is 356 g/mol. The van der Waals surface area contributed by atoms with Crippen molar-refractivity contribution in [3.05, 3.63) is 35.4 Å². The Morgan fingerprint density at radius 1 is 1.29 bits per heavy atom. The number of hydrogen-bond acceptors (Lipinski definition) is 4. The fourth-order valence-corrected chi connectivity index (χ4v) is 2.57. The Balaban J connectivity index is 0.00000288. The number of halogens is 1. The Kier molecular flexibility index (Phi) is 9.37. The van der Waals surface area contributed by atoms with Gasteiger partial charge >= 0.3 is 0 Å². The summed E-state index contributed by atoms with van der Waals surface area (Å²) >= 11 is 0. The molecule has 0 aliphatic carbocycles. The van der Waals surface area contributed by atoms with Crippen molar-refractivity contribution in [3.63, 3.8) is 0 Å². The molecule has 0 unspecified atom stereocenters. The predicted octanol–water partition coefficient (Wildman–Crippen LogP) is 1.20. The van der Waals surface area contributed by atoms with Crippen molar-refractivity contribution in [3.8, 4) is 0 Å². The molecular weight excluding hydrogens is 330 g/mol. The van der Waals surface area contributed by atoms with Gasteiger partial charge in [0.25, 0.3) is 5.91 Å². The van der Waals surface area contributed by atoms with Gasteiger partial charge in [0.2, 0.25) is 5.91 Å². The van der Waals surface area contributed by atoms with E-state index in [1.54, 1.807) is 13.2 Å². The van der Waals surface area contributed by atoms with Gasteiger partial charge in [-0.05, 0) is 24.1 Å². The highest BCUT2D eigenvalue weighted by molar-refractivity contribution is 5.94. The molecule has 2 amide bonds. The molecule has 1 heterocycles. The number of benzene rings is 1. The second-order valence-electron chi connectivity index (χ2n) is 5.62. The summed E-state index contributed by atoms with van der Waals surface area (Å²) < 4.78 is 4.94. The molecule has 0 aromatic heterocycles. The summed E-state index contributed by atoms with van der Waals surface area (Å²) in [5, 5.41) is 6.06. The number of carbonyl (C=O) groups excluding carboxylic acids is 2.